The second kappa shape index (κ2) is 6.52. The molecule has 0 amide bonds. The largest absolute Gasteiger partial charge is 0.435 e. The summed E-state index contributed by atoms with van der Waals surface area (Å²) >= 11 is 11.7. The van der Waals surface area contributed by atoms with Gasteiger partial charge in [-0.15, -0.1) is 0 Å². The van der Waals surface area contributed by atoms with Crippen LogP contribution in [0, 0.1) is 0 Å². The number of hydrogen-bond donors (Lipinski definition) is 1. The van der Waals surface area contributed by atoms with Crippen molar-refractivity contribution in [2.45, 2.75) is 24.7 Å². The normalized spacial score (nSPS) is 20.3. The molecule has 3 nitrogen and oxygen atoms in total. The zero-order valence-electron chi connectivity index (χ0n) is 12.8. The fourth-order valence-corrected chi connectivity index (χ4v) is 3.20. The number of alkyl halides is 3. The highest BCUT2D eigenvalue weighted by Gasteiger charge is 2.62. The molecule has 1 atom stereocenters. The number of nitrogens with zero attached hydrogens (tertiary/aromatic N) is 1. The highest BCUT2D eigenvalue weighted by Crippen LogP contribution is 2.49. The van der Waals surface area contributed by atoms with Gasteiger partial charge >= 0.3 is 6.18 Å². The summed E-state index contributed by atoms with van der Waals surface area (Å²) in [4.78, 5) is 4.95. The SMILES string of the molecule is NCc1ccc(C2=NOC(c3cc(Cl)cc(Cl)c3)(C(F)(F)F)C2)cc1. The average molecular weight is 389 g/mol. The Morgan fingerprint density at radius 1 is 1.08 bits per heavy atom. The maximum Gasteiger partial charge on any atom is 0.435 e. The van der Waals surface area contributed by atoms with E-state index in [2.05, 4.69) is 5.16 Å². The molecule has 0 bridgehead atoms. The van der Waals surface area contributed by atoms with Crippen LogP contribution in [-0.4, -0.2) is 11.9 Å². The third-order valence-electron chi connectivity index (χ3n) is 4.04. The minimum absolute atomic E-state index is 0.0930. The van der Waals surface area contributed by atoms with Crippen molar-refractivity contribution >= 4 is 28.9 Å². The molecule has 0 aromatic heterocycles. The van der Waals surface area contributed by atoms with E-state index >= 15 is 0 Å². The maximum absolute atomic E-state index is 13.9. The van der Waals surface area contributed by atoms with E-state index in [4.69, 9.17) is 33.8 Å². The molecule has 132 valence electrons. The molecule has 1 heterocycles. The predicted molar refractivity (Wildman–Crippen MR) is 90.8 cm³/mol. The summed E-state index contributed by atoms with van der Waals surface area (Å²) in [5.74, 6) is 0. The van der Waals surface area contributed by atoms with E-state index < -0.39 is 18.2 Å². The Morgan fingerprint density at radius 2 is 1.68 bits per heavy atom. The van der Waals surface area contributed by atoms with Crippen molar-refractivity contribution in [2.75, 3.05) is 0 Å². The molecule has 0 aliphatic carbocycles. The number of nitrogens with two attached hydrogens (primary N) is 1. The third kappa shape index (κ3) is 3.34. The van der Waals surface area contributed by atoms with Crippen molar-refractivity contribution < 1.29 is 18.0 Å². The topological polar surface area (TPSA) is 47.6 Å². The minimum atomic E-state index is -4.70. The highest BCUT2D eigenvalue weighted by atomic mass is 35.5. The van der Waals surface area contributed by atoms with Crippen LogP contribution < -0.4 is 5.73 Å². The van der Waals surface area contributed by atoms with E-state index in [1.165, 1.54) is 18.2 Å². The van der Waals surface area contributed by atoms with Crippen LogP contribution in [0.3, 0.4) is 0 Å². The van der Waals surface area contributed by atoms with Gasteiger partial charge in [0.1, 0.15) is 0 Å². The Balaban J connectivity index is 2.00. The zero-order valence-corrected chi connectivity index (χ0v) is 14.3. The summed E-state index contributed by atoms with van der Waals surface area (Å²) in [6, 6.07) is 10.6. The van der Waals surface area contributed by atoms with Crippen molar-refractivity contribution in [3.05, 3.63) is 69.2 Å². The number of hydrogen-bond acceptors (Lipinski definition) is 3. The molecule has 2 aromatic carbocycles. The molecule has 1 aliphatic heterocycles. The van der Waals surface area contributed by atoms with Gasteiger partial charge in [0.25, 0.3) is 5.60 Å². The predicted octanol–water partition coefficient (Wildman–Crippen LogP) is 5.03. The summed E-state index contributed by atoms with van der Waals surface area (Å²) in [7, 11) is 0. The zero-order chi connectivity index (χ0) is 18.2. The molecule has 0 radical (unpaired) electrons. The Labute approximate surface area is 152 Å². The van der Waals surface area contributed by atoms with Gasteiger partial charge in [-0.1, -0.05) is 52.6 Å². The van der Waals surface area contributed by atoms with E-state index in [1.807, 2.05) is 0 Å². The fourth-order valence-electron chi connectivity index (χ4n) is 2.68. The fraction of sp³-hybridized carbons (Fsp3) is 0.235. The summed E-state index contributed by atoms with van der Waals surface area (Å²) in [5.41, 5.74) is 4.32. The third-order valence-corrected chi connectivity index (χ3v) is 4.47. The lowest BCUT2D eigenvalue weighted by Gasteiger charge is -2.29. The van der Waals surface area contributed by atoms with Gasteiger partial charge in [-0.05, 0) is 29.3 Å². The van der Waals surface area contributed by atoms with E-state index in [1.54, 1.807) is 24.3 Å². The van der Waals surface area contributed by atoms with Crippen LogP contribution in [-0.2, 0) is 17.0 Å². The van der Waals surface area contributed by atoms with Gasteiger partial charge in [-0.25, -0.2) is 0 Å². The lowest BCUT2D eigenvalue weighted by molar-refractivity contribution is -0.275. The van der Waals surface area contributed by atoms with Crippen molar-refractivity contribution in [1.29, 1.82) is 0 Å². The first-order chi connectivity index (χ1) is 11.7. The number of oxime groups is 1. The summed E-state index contributed by atoms with van der Waals surface area (Å²) in [6.45, 7) is 0.344. The lowest BCUT2D eigenvalue weighted by Crippen LogP contribution is -2.42. The average Bonchev–Trinajstić information content (AvgIpc) is 3.00. The molecule has 2 aromatic rings. The quantitative estimate of drug-likeness (QED) is 0.800. The molecular weight excluding hydrogens is 376 g/mol. The number of rotatable bonds is 3. The van der Waals surface area contributed by atoms with Crippen molar-refractivity contribution in [1.82, 2.24) is 0 Å². The molecule has 0 saturated carbocycles. The van der Waals surface area contributed by atoms with Crippen LogP contribution in [0.5, 0.6) is 0 Å². The smallest absolute Gasteiger partial charge is 0.374 e. The first-order valence-electron chi connectivity index (χ1n) is 7.33. The first-order valence-corrected chi connectivity index (χ1v) is 8.08. The van der Waals surface area contributed by atoms with E-state index in [9.17, 15) is 13.2 Å². The molecule has 1 aliphatic rings. The summed E-state index contributed by atoms with van der Waals surface area (Å²) in [6.07, 6.45) is -5.18. The van der Waals surface area contributed by atoms with E-state index in [-0.39, 0.29) is 21.3 Å². The summed E-state index contributed by atoms with van der Waals surface area (Å²) in [5, 5.41) is 3.88. The summed E-state index contributed by atoms with van der Waals surface area (Å²) < 4.78 is 41.6. The van der Waals surface area contributed by atoms with Crippen LogP contribution in [0.1, 0.15) is 23.1 Å². The van der Waals surface area contributed by atoms with Gasteiger partial charge in [0.2, 0.25) is 0 Å². The van der Waals surface area contributed by atoms with E-state index in [0.29, 0.717) is 12.1 Å². The molecule has 0 saturated heterocycles. The van der Waals surface area contributed by atoms with Crippen LogP contribution in [0.4, 0.5) is 13.2 Å². The molecule has 0 spiro atoms. The molecule has 0 fully saturated rings. The Hall–Kier alpha value is -1.76. The van der Waals surface area contributed by atoms with Gasteiger partial charge < -0.3 is 10.6 Å². The molecule has 1 unspecified atom stereocenters. The second-order valence-corrected chi connectivity index (χ2v) is 6.56. The Bertz CT molecular complexity index is 801. The van der Waals surface area contributed by atoms with Crippen molar-refractivity contribution in [3.63, 3.8) is 0 Å². The van der Waals surface area contributed by atoms with Crippen LogP contribution in [0.15, 0.2) is 47.6 Å². The highest BCUT2D eigenvalue weighted by molar-refractivity contribution is 6.34. The van der Waals surface area contributed by atoms with Gasteiger partial charge in [0.15, 0.2) is 0 Å². The molecule has 2 N–H and O–H groups in total. The molecule has 25 heavy (non-hydrogen) atoms. The molecule has 8 heteroatoms. The standard InChI is InChI=1S/C17H13Cl2F3N2O/c18-13-5-12(6-14(19)7-13)16(17(20,21)22)8-15(24-25-16)11-3-1-10(9-23)2-4-11/h1-7H,8-9,23H2. The van der Waals surface area contributed by atoms with E-state index in [0.717, 1.165) is 5.56 Å². The van der Waals surface area contributed by atoms with Crippen molar-refractivity contribution in [2.24, 2.45) is 10.9 Å². The lowest BCUT2D eigenvalue weighted by atomic mass is 9.86. The molecule has 3 rings (SSSR count). The van der Waals surface area contributed by atoms with Gasteiger partial charge in [-0.3, -0.25) is 0 Å². The molecular formula is C17H13Cl2F3N2O. The monoisotopic (exact) mass is 388 g/mol. The second-order valence-electron chi connectivity index (χ2n) is 5.69. The van der Waals surface area contributed by atoms with Crippen LogP contribution in [0.25, 0.3) is 0 Å². The van der Waals surface area contributed by atoms with Gasteiger partial charge in [0, 0.05) is 28.6 Å². The van der Waals surface area contributed by atoms with Crippen LogP contribution >= 0.6 is 23.2 Å². The first kappa shape index (κ1) is 18.0. The number of halogens is 5. The number of benzene rings is 2. The minimum Gasteiger partial charge on any atom is -0.374 e. The van der Waals surface area contributed by atoms with Crippen LogP contribution in [0.2, 0.25) is 10.0 Å². The Kier molecular flexibility index (Phi) is 4.70. The van der Waals surface area contributed by atoms with Gasteiger partial charge in [-0.2, -0.15) is 13.2 Å². The Morgan fingerprint density at radius 3 is 2.20 bits per heavy atom. The van der Waals surface area contributed by atoms with Crippen molar-refractivity contribution in [3.8, 4) is 0 Å². The maximum atomic E-state index is 13.9. The van der Waals surface area contributed by atoms with Gasteiger partial charge in [0.05, 0.1) is 5.71 Å².